The second kappa shape index (κ2) is 10.5. The molecule has 0 spiro atoms. The molecular formula is C23H25Cl2N5OS. The van der Waals surface area contributed by atoms with Gasteiger partial charge in [0.1, 0.15) is 11.4 Å². The van der Waals surface area contributed by atoms with E-state index in [0.29, 0.717) is 29.8 Å². The summed E-state index contributed by atoms with van der Waals surface area (Å²) in [5, 5.41) is 8.82. The zero-order valence-electron chi connectivity index (χ0n) is 18.0. The minimum absolute atomic E-state index is 0.556. The highest BCUT2D eigenvalue weighted by Crippen LogP contribution is 2.38. The first-order chi connectivity index (χ1) is 15.6. The molecule has 1 aromatic heterocycles. The number of halogens is 2. The normalized spacial score (nSPS) is 12.4. The third-order valence-corrected chi connectivity index (χ3v) is 6.82. The molecule has 3 aromatic rings. The van der Waals surface area contributed by atoms with Crippen LogP contribution in [0.1, 0.15) is 24.5 Å². The molecule has 4 rings (SSSR count). The Kier molecular flexibility index (Phi) is 7.50. The van der Waals surface area contributed by atoms with Gasteiger partial charge in [-0.3, -0.25) is 0 Å². The van der Waals surface area contributed by atoms with Crippen LogP contribution in [-0.2, 0) is 13.1 Å². The van der Waals surface area contributed by atoms with Crippen molar-refractivity contribution < 1.29 is 4.74 Å². The van der Waals surface area contributed by atoms with Crippen LogP contribution in [0.3, 0.4) is 0 Å². The van der Waals surface area contributed by atoms with Gasteiger partial charge < -0.3 is 20.3 Å². The van der Waals surface area contributed by atoms with Crippen molar-refractivity contribution in [1.29, 1.82) is 0 Å². The van der Waals surface area contributed by atoms with Gasteiger partial charge in [0.2, 0.25) is 0 Å². The van der Waals surface area contributed by atoms with Crippen LogP contribution in [0.5, 0.6) is 5.75 Å². The summed E-state index contributed by atoms with van der Waals surface area (Å²) in [5.74, 6) is 3.51. The predicted octanol–water partition coefficient (Wildman–Crippen LogP) is 6.30. The van der Waals surface area contributed by atoms with E-state index in [2.05, 4.69) is 22.5 Å². The molecule has 0 saturated carbocycles. The molecule has 2 aromatic carbocycles. The van der Waals surface area contributed by atoms with Gasteiger partial charge in [0.05, 0.1) is 23.8 Å². The number of benzene rings is 2. The van der Waals surface area contributed by atoms with Crippen LogP contribution in [0.25, 0.3) is 0 Å². The Bertz CT molecular complexity index is 1080. The molecule has 0 saturated heterocycles. The molecule has 0 aliphatic carbocycles. The Hall–Kier alpha value is -2.35. The summed E-state index contributed by atoms with van der Waals surface area (Å²) < 4.78 is 5.25. The van der Waals surface area contributed by atoms with E-state index in [0.717, 1.165) is 51.5 Å². The largest absolute Gasteiger partial charge is 0.497 e. The van der Waals surface area contributed by atoms with E-state index in [4.69, 9.17) is 37.9 Å². The van der Waals surface area contributed by atoms with Crippen LogP contribution in [-0.4, -0.2) is 29.5 Å². The number of ether oxygens (including phenoxy) is 1. The maximum atomic E-state index is 6.21. The number of methoxy groups -OCH3 is 1. The summed E-state index contributed by atoms with van der Waals surface area (Å²) >= 11 is 14.0. The molecule has 0 unspecified atom stereocenters. The Morgan fingerprint density at radius 3 is 2.59 bits per heavy atom. The quantitative estimate of drug-likeness (QED) is 0.270. The number of anilines is 3. The van der Waals surface area contributed by atoms with E-state index >= 15 is 0 Å². The van der Waals surface area contributed by atoms with Gasteiger partial charge in [-0.15, -0.1) is 0 Å². The molecule has 9 heteroatoms. The van der Waals surface area contributed by atoms with Crippen molar-refractivity contribution in [3.05, 3.63) is 63.6 Å². The summed E-state index contributed by atoms with van der Waals surface area (Å²) in [5.41, 5.74) is 3.13. The van der Waals surface area contributed by atoms with Gasteiger partial charge in [-0.25, -0.2) is 9.97 Å². The fraction of sp³-hybridized carbons (Fsp3) is 0.304. The number of nitrogens with one attached hydrogen (secondary N) is 2. The van der Waals surface area contributed by atoms with Crippen molar-refractivity contribution in [2.24, 2.45) is 0 Å². The van der Waals surface area contributed by atoms with Crippen molar-refractivity contribution in [2.75, 3.05) is 35.1 Å². The molecule has 0 fully saturated rings. The van der Waals surface area contributed by atoms with Gasteiger partial charge in [0.25, 0.3) is 0 Å². The lowest BCUT2D eigenvalue weighted by atomic mass is 10.2. The average molecular weight is 490 g/mol. The minimum atomic E-state index is 0.556. The molecule has 0 amide bonds. The Labute approximate surface area is 202 Å². The summed E-state index contributed by atoms with van der Waals surface area (Å²) in [6.07, 6.45) is 1.06. The van der Waals surface area contributed by atoms with Crippen LogP contribution < -0.4 is 20.3 Å². The van der Waals surface area contributed by atoms with E-state index < -0.39 is 0 Å². The average Bonchev–Trinajstić information content (AvgIpc) is 3.21. The smallest absolute Gasteiger partial charge is 0.191 e. The third kappa shape index (κ3) is 5.34. The standard InChI is InChI=1S/C23H25Cl2N5OS/c1-3-10-32-23-28-21(26-12-15-4-7-17(31-2)8-5-15)20-22(29-23)30(14-27-20)13-16-6-9-18(24)19(25)11-16/h4-9,11,27H,3,10,12-14H2,1-2H3,(H,26,28,29). The summed E-state index contributed by atoms with van der Waals surface area (Å²) in [6, 6.07) is 13.7. The summed E-state index contributed by atoms with van der Waals surface area (Å²) in [6.45, 7) is 4.12. The zero-order valence-corrected chi connectivity index (χ0v) is 20.3. The van der Waals surface area contributed by atoms with Gasteiger partial charge in [0, 0.05) is 18.8 Å². The van der Waals surface area contributed by atoms with Crippen molar-refractivity contribution in [2.45, 2.75) is 31.6 Å². The fourth-order valence-electron chi connectivity index (χ4n) is 3.37. The molecule has 0 radical (unpaired) electrons. The van der Waals surface area contributed by atoms with Gasteiger partial charge in [-0.05, 0) is 41.8 Å². The highest BCUT2D eigenvalue weighted by atomic mass is 35.5. The molecule has 168 valence electrons. The lowest BCUT2D eigenvalue weighted by Gasteiger charge is -2.18. The van der Waals surface area contributed by atoms with Gasteiger partial charge in [0.15, 0.2) is 16.8 Å². The monoisotopic (exact) mass is 489 g/mol. The lowest BCUT2D eigenvalue weighted by Crippen LogP contribution is -2.22. The number of fused-ring (bicyclic) bond motifs is 1. The number of hydrogen-bond acceptors (Lipinski definition) is 7. The van der Waals surface area contributed by atoms with E-state index in [9.17, 15) is 0 Å². The van der Waals surface area contributed by atoms with Crippen LogP contribution in [0.15, 0.2) is 47.6 Å². The lowest BCUT2D eigenvalue weighted by molar-refractivity contribution is 0.414. The first-order valence-corrected chi connectivity index (χ1v) is 12.2. The minimum Gasteiger partial charge on any atom is -0.497 e. The maximum Gasteiger partial charge on any atom is 0.191 e. The number of nitrogens with zero attached hydrogens (tertiary/aromatic N) is 3. The fourth-order valence-corrected chi connectivity index (χ4v) is 4.39. The SMILES string of the molecule is CCCSc1nc(NCc2ccc(OC)cc2)c2c(n1)N(Cc1ccc(Cl)c(Cl)c1)CN2. The third-order valence-electron chi connectivity index (χ3n) is 5.03. The van der Waals surface area contributed by atoms with E-state index in [-0.39, 0.29) is 0 Å². The number of thioether (sulfide) groups is 1. The highest BCUT2D eigenvalue weighted by molar-refractivity contribution is 7.99. The van der Waals surface area contributed by atoms with Crippen LogP contribution >= 0.6 is 35.0 Å². The molecule has 2 heterocycles. The molecule has 6 nitrogen and oxygen atoms in total. The van der Waals surface area contributed by atoms with Gasteiger partial charge in [-0.1, -0.05) is 60.1 Å². The summed E-state index contributed by atoms with van der Waals surface area (Å²) in [4.78, 5) is 11.8. The molecule has 32 heavy (non-hydrogen) atoms. The summed E-state index contributed by atoms with van der Waals surface area (Å²) in [7, 11) is 1.67. The van der Waals surface area contributed by atoms with Crippen molar-refractivity contribution in [1.82, 2.24) is 9.97 Å². The van der Waals surface area contributed by atoms with E-state index in [1.165, 1.54) is 0 Å². The number of rotatable bonds is 9. The second-order valence-corrected chi connectivity index (χ2v) is 9.26. The maximum absolute atomic E-state index is 6.21. The van der Waals surface area contributed by atoms with E-state index in [1.54, 1.807) is 18.9 Å². The van der Waals surface area contributed by atoms with E-state index in [1.807, 2.05) is 42.5 Å². The molecule has 2 N–H and O–H groups in total. The molecule has 0 bridgehead atoms. The number of hydrogen-bond donors (Lipinski definition) is 2. The molecule has 0 atom stereocenters. The Morgan fingerprint density at radius 1 is 1.09 bits per heavy atom. The first-order valence-electron chi connectivity index (χ1n) is 10.4. The van der Waals surface area contributed by atoms with Crippen LogP contribution in [0.4, 0.5) is 17.3 Å². The van der Waals surface area contributed by atoms with Gasteiger partial charge >= 0.3 is 0 Å². The number of aromatic nitrogens is 2. The van der Waals surface area contributed by atoms with Gasteiger partial charge in [-0.2, -0.15) is 0 Å². The topological polar surface area (TPSA) is 62.3 Å². The van der Waals surface area contributed by atoms with Crippen molar-refractivity contribution in [3.8, 4) is 5.75 Å². The Balaban J connectivity index is 1.57. The predicted molar refractivity (Wildman–Crippen MR) is 135 cm³/mol. The Morgan fingerprint density at radius 2 is 1.88 bits per heavy atom. The van der Waals surface area contributed by atoms with Crippen LogP contribution in [0.2, 0.25) is 10.0 Å². The van der Waals surface area contributed by atoms with Crippen LogP contribution in [0, 0.1) is 0 Å². The molecule has 1 aliphatic rings. The zero-order chi connectivity index (χ0) is 22.5. The molecular weight excluding hydrogens is 465 g/mol. The van der Waals surface area contributed by atoms with Crippen molar-refractivity contribution >= 4 is 52.3 Å². The van der Waals surface area contributed by atoms with Crippen molar-refractivity contribution in [3.63, 3.8) is 0 Å². The first kappa shape index (κ1) is 22.8. The molecule has 1 aliphatic heterocycles. The highest BCUT2D eigenvalue weighted by Gasteiger charge is 2.26. The second-order valence-electron chi connectivity index (χ2n) is 7.38.